The molecular weight excluding hydrogens is 314 g/mol. The number of nitrogens with zero attached hydrogens (tertiary/aromatic N) is 3. The number of H-pyrrole nitrogens is 2. The molecule has 3 heterocycles. The van der Waals surface area contributed by atoms with Gasteiger partial charge in [0.2, 0.25) is 4.77 Å². The summed E-state index contributed by atoms with van der Waals surface area (Å²) in [5.41, 5.74) is 2.09. The van der Waals surface area contributed by atoms with Gasteiger partial charge in [0.15, 0.2) is 5.82 Å². The number of nitrogens with one attached hydrogen (secondary N) is 2. The molecule has 0 saturated heterocycles. The predicted molar refractivity (Wildman–Crippen MR) is 92.0 cm³/mol. The van der Waals surface area contributed by atoms with E-state index in [9.17, 15) is 0 Å². The molecule has 7 heteroatoms. The van der Waals surface area contributed by atoms with Crippen LogP contribution >= 0.6 is 23.6 Å². The van der Waals surface area contributed by atoms with E-state index in [0.717, 1.165) is 27.2 Å². The van der Waals surface area contributed by atoms with Crippen LogP contribution in [0.15, 0.2) is 53.1 Å². The highest BCUT2D eigenvalue weighted by atomic mass is 32.1. The van der Waals surface area contributed by atoms with Crippen molar-refractivity contribution in [3.8, 4) is 10.7 Å². The van der Waals surface area contributed by atoms with Crippen LogP contribution in [-0.4, -0.2) is 26.1 Å². The Bertz CT molecular complexity index is 1000. The Kier molecular flexibility index (Phi) is 3.21. The van der Waals surface area contributed by atoms with E-state index >= 15 is 0 Å². The first-order valence-electron chi connectivity index (χ1n) is 6.65. The van der Waals surface area contributed by atoms with Crippen LogP contribution in [0.25, 0.3) is 21.6 Å². The molecule has 22 heavy (non-hydrogen) atoms. The van der Waals surface area contributed by atoms with Crippen LogP contribution in [0.2, 0.25) is 0 Å². The number of aromatic amines is 2. The smallest absolute Gasteiger partial charge is 0.216 e. The Labute approximate surface area is 134 Å². The van der Waals surface area contributed by atoms with Crippen molar-refractivity contribution in [2.24, 2.45) is 5.10 Å². The van der Waals surface area contributed by atoms with E-state index in [4.69, 9.17) is 12.2 Å². The van der Waals surface area contributed by atoms with Crippen LogP contribution < -0.4 is 0 Å². The van der Waals surface area contributed by atoms with Crippen LogP contribution in [0.3, 0.4) is 0 Å². The van der Waals surface area contributed by atoms with Crippen molar-refractivity contribution in [2.75, 3.05) is 0 Å². The lowest BCUT2D eigenvalue weighted by Gasteiger charge is -1.97. The quantitative estimate of drug-likeness (QED) is 0.441. The average Bonchev–Trinajstić information content (AvgIpc) is 3.25. The van der Waals surface area contributed by atoms with Gasteiger partial charge < -0.3 is 4.98 Å². The number of hydrogen-bond acceptors (Lipinski definition) is 4. The van der Waals surface area contributed by atoms with Gasteiger partial charge in [-0.15, -0.1) is 11.3 Å². The van der Waals surface area contributed by atoms with Crippen LogP contribution in [-0.2, 0) is 0 Å². The van der Waals surface area contributed by atoms with Gasteiger partial charge in [-0.1, -0.05) is 24.3 Å². The second-order valence-corrected chi connectivity index (χ2v) is 6.01. The van der Waals surface area contributed by atoms with E-state index in [1.165, 1.54) is 0 Å². The van der Waals surface area contributed by atoms with Crippen molar-refractivity contribution < 1.29 is 0 Å². The van der Waals surface area contributed by atoms with E-state index in [-0.39, 0.29) is 0 Å². The minimum absolute atomic E-state index is 0.472. The van der Waals surface area contributed by atoms with Crippen LogP contribution in [0, 0.1) is 4.77 Å². The number of para-hydroxylation sites is 1. The summed E-state index contributed by atoms with van der Waals surface area (Å²) in [6, 6.07) is 12.1. The first-order valence-corrected chi connectivity index (χ1v) is 7.93. The molecule has 0 bridgehead atoms. The zero-order valence-corrected chi connectivity index (χ0v) is 13.0. The molecule has 0 radical (unpaired) electrons. The Morgan fingerprint density at radius 3 is 3.00 bits per heavy atom. The van der Waals surface area contributed by atoms with Gasteiger partial charge >= 0.3 is 0 Å². The molecule has 4 rings (SSSR count). The van der Waals surface area contributed by atoms with Gasteiger partial charge in [0.1, 0.15) is 0 Å². The van der Waals surface area contributed by atoms with Crippen molar-refractivity contribution in [1.29, 1.82) is 0 Å². The second-order valence-electron chi connectivity index (χ2n) is 4.68. The van der Waals surface area contributed by atoms with Crippen LogP contribution in [0.5, 0.6) is 0 Å². The maximum absolute atomic E-state index is 5.27. The lowest BCUT2D eigenvalue weighted by atomic mass is 10.2. The first kappa shape index (κ1) is 13.2. The van der Waals surface area contributed by atoms with E-state index in [2.05, 4.69) is 26.3 Å². The lowest BCUT2D eigenvalue weighted by Crippen LogP contribution is -1.93. The molecule has 0 aliphatic heterocycles. The summed E-state index contributed by atoms with van der Waals surface area (Å²) < 4.78 is 2.11. The van der Waals surface area contributed by atoms with Crippen molar-refractivity contribution in [3.05, 3.63) is 58.3 Å². The number of hydrogen-bond donors (Lipinski definition) is 2. The van der Waals surface area contributed by atoms with Crippen LogP contribution in [0.1, 0.15) is 5.56 Å². The Balaban J connectivity index is 1.78. The van der Waals surface area contributed by atoms with E-state index in [1.54, 1.807) is 22.2 Å². The number of fused-ring (bicyclic) bond motifs is 1. The minimum atomic E-state index is 0.472. The summed E-state index contributed by atoms with van der Waals surface area (Å²) in [5, 5.41) is 14.7. The van der Waals surface area contributed by atoms with Crippen molar-refractivity contribution >= 4 is 40.7 Å². The molecule has 0 saturated carbocycles. The second kappa shape index (κ2) is 5.36. The maximum Gasteiger partial charge on any atom is 0.216 e. The predicted octanol–water partition coefficient (Wildman–Crippen LogP) is 4.03. The molecule has 0 aliphatic rings. The summed E-state index contributed by atoms with van der Waals surface area (Å²) in [7, 11) is 0. The van der Waals surface area contributed by atoms with E-state index < -0.39 is 0 Å². The Morgan fingerprint density at radius 2 is 2.14 bits per heavy atom. The third-order valence-electron chi connectivity index (χ3n) is 3.33. The third-order valence-corrected chi connectivity index (χ3v) is 4.46. The van der Waals surface area contributed by atoms with Gasteiger partial charge in [-0.25, -0.2) is 5.10 Å². The molecule has 0 fully saturated rings. The highest BCUT2D eigenvalue weighted by Gasteiger charge is 2.09. The van der Waals surface area contributed by atoms with Gasteiger partial charge in [-0.2, -0.15) is 14.9 Å². The molecule has 1 aromatic carbocycles. The highest BCUT2D eigenvalue weighted by molar-refractivity contribution is 7.71. The molecule has 0 aliphatic carbocycles. The minimum Gasteiger partial charge on any atom is -0.361 e. The molecular formula is C15H11N5S2. The normalized spacial score (nSPS) is 11.6. The van der Waals surface area contributed by atoms with Crippen molar-refractivity contribution in [1.82, 2.24) is 19.9 Å². The molecule has 108 valence electrons. The average molecular weight is 325 g/mol. The molecule has 5 nitrogen and oxygen atoms in total. The summed E-state index contributed by atoms with van der Waals surface area (Å²) in [5.74, 6) is 0.719. The largest absolute Gasteiger partial charge is 0.361 e. The molecule has 4 aromatic rings. The number of benzene rings is 1. The fourth-order valence-corrected chi connectivity index (χ4v) is 3.16. The van der Waals surface area contributed by atoms with Crippen molar-refractivity contribution in [3.63, 3.8) is 0 Å². The standard InChI is InChI=1S/C15H11N5S2/c21-15-19-18-14(13-6-3-7-22-13)20(15)17-9-10-8-16-12-5-2-1-4-11(10)12/h1-9,16H,(H,19,21)/b17-9-. The molecule has 0 amide bonds. The molecule has 0 atom stereocenters. The topological polar surface area (TPSA) is 61.8 Å². The summed E-state index contributed by atoms with van der Waals surface area (Å²) in [6.07, 6.45) is 3.73. The first-order chi connectivity index (χ1) is 10.8. The van der Waals surface area contributed by atoms with Gasteiger partial charge in [0.05, 0.1) is 11.1 Å². The SMILES string of the molecule is S=c1[nH]nc(-c2cccs2)n1/N=C\c1c[nH]c2ccccc12. The summed E-state index contributed by atoms with van der Waals surface area (Å²) >= 11 is 6.87. The van der Waals surface area contributed by atoms with Gasteiger partial charge in [-0.05, 0) is 29.7 Å². The van der Waals surface area contributed by atoms with E-state index in [1.807, 2.05) is 41.9 Å². The molecule has 2 N–H and O–H groups in total. The third kappa shape index (κ3) is 2.20. The fourth-order valence-electron chi connectivity index (χ4n) is 2.28. The van der Waals surface area contributed by atoms with E-state index in [0.29, 0.717) is 4.77 Å². The zero-order valence-electron chi connectivity index (χ0n) is 11.4. The Hall–Kier alpha value is -2.51. The number of aromatic nitrogens is 4. The van der Waals surface area contributed by atoms with Gasteiger partial charge in [-0.3, -0.25) is 0 Å². The fraction of sp³-hybridized carbons (Fsp3) is 0. The lowest BCUT2D eigenvalue weighted by molar-refractivity contribution is 0.873. The van der Waals surface area contributed by atoms with Gasteiger partial charge in [0, 0.05) is 22.7 Å². The summed E-state index contributed by atoms with van der Waals surface area (Å²) in [6.45, 7) is 0. The van der Waals surface area contributed by atoms with Crippen LogP contribution in [0.4, 0.5) is 0 Å². The highest BCUT2D eigenvalue weighted by Crippen LogP contribution is 2.23. The monoisotopic (exact) mass is 325 g/mol. The molecule has 0 unspecified atom stereocenters. The van der Waals surface area contributed by atoms with Gasteiger partial charge in [0.25, 0.3) is 0 Å². The molecule has 3 aromatic heterocycles. The molecule has 0 spiro atoms. The summed E-state index contributed by atoms with van der Waals surface area (Å²) in [4.78, 5) is 4.24. The number of thiophene rings is 1. The zero-order chi connectivity index (χ0) is 14.9. The Morgan fingerprint density at radius 1 is 1.23 bits per heavy atom. The maximum atomic E-state index is 5.27. The van der Waals surface area contributed by atoms with Crippen molar-refractivity contribution in [2.45, 2.75) is 0 Å². The number of rotatable bonds is 3.